The number of carbonyl (C=O) groups excluding carboxylic acids is 1. The van der Waals surface area contributed by atoms with Crippen molar-refractivity contribution in [3.05, 3.63) is 59.9 Å². The summed E-state index contributed by atoms with van der Waals surface area (Å²) < 4.78 is 41.3. The Morgan fingerprint density at radius 1 is 1.27 bits per heavy atom. The van der Waals surface area contributed by atoms with Crippen molar-refractivity contribution in [3.63, 3.8) is 0 Å². The first-order chi connectivity index (χ1) is 12.4. The highest BCUT2D eigenvalue weighted by Gasteiger charge is 2.30. The molecule has 2 aromatic rings. The molecule has 26 heavy (non-hydrogen) atoms. The van der Waals surface area contributed by atoms with Gasteiger partial charge in [-0.1, -0.05) is 6.07 Å². The summed E-state index contributed by atoms with van der Waals surface area (Å²) >= 11 is 0. The first kappa shape index (κ1) is 18.2. The van der Waals surface area contributed by atoms with Crippen LogP contribution in [0.15, 0.2) is 48.8 Å². The molecule has 1 aliphatic heterocycles. The van der Waals surface area contributed by atoms with Gasteiger partial charge in [0.15, 0.2) is 6.61 Å². The van der Waals surface area contributed by atoms with Crippen LogP contribution >= 0.6 is 0 Å². The average molecular weight is 365 g/mol. The van der Waals surface area contributed by atoms with Crippen molar-refractivity contribution < 1.29 is 22.7 Å². The molecule has 0 spiro atoms. The molecule has 1 fully saturated rings. The SMILES string of the molecule is O=C(c1ccc(OCC(F)(F)F)cc1)N1CCNCC1c1cccnc1. The molecule has 8 heteroatoms. The smallest absolute Gasteiger partial charge is 0.422 e. The van der Waals surface area contributed by atoms with Crippen molar-refractivity contribution in [2.75, 3.05) is 26.2 Å². The number of ether oxygens (including phenoxy) is 1. The van der Waals surface area contributed by atoms with E-state index >= 15 is 0 Å². The number of rotatable bonds is 4. The lowest BCUT2D eigenvalue weighted by Gasteiger charge is -2.36. The number of aromatic nitrogens is 1. The Hall–Kier alpha value is -2.61. The predicted octanol–water partition coefficient (Wildman–Crippen LogP) is 2.81. The van der Waals surface area contributed by atoms with E-state index in [1.54, 1.807) is 17.3 Å². The second-order valence-corrected chi connectivity index (χ2v) is 5.93. The second kappa shape index (κ2) is 7.74. The molecule has 3 rings (SSSR count). The Kier molecular flexibility index (Phi) is 5.41. The molecular formula is C18H18F3N3O2. The monoisotopic (exact) mass is 365 g/mol. The molecule has 0 saturated carbocycles. The van der Waals surface area contributed by atoms with Gasteiger partial charge in [0.05, 0.1) is 6.04 Å². The van der Waals surface area contributed by atoms with Crippen LogP contribution in [0.25, 0.3) is 0 Å². The molecule has 1 atom stereocenters. The zero-order chi connectivity index (χ0) is 18.6. The Labute approximate surface area is 148 Å². The van der Waals surface area contributed by atoms with Crippen molar-refractivity contribution in [1.82, 2.24) is 15.2 Å². The van der Waals surface area contributed by atoms with Gasteiger partial charge in [-0.3, -0.25) is 9.78 Å². The Morgan fingerprint density at radius 2 is 2.04 bits per heavy atom. The molecule has 1 unspecified atom stereocenters. The van der Waals surface area contributed by atoms with Crippen LogP contribution in [0.2, 0.25) is 0 Å². The van der Waals surface area contributed by atoms with Gasteiger partial charge in [-0.25, -0.2) is 0 Å². The average Bonchev–Trinajstić information content (AvgIpc) is 2.66. The van der Waals surface area contributed by atoms with E-state index in [1.807, 2.05) is 12.1 Å². The standard InChI is InChI=1S/C18H18F3N3O2/c19-18(20,21)12-26-15-5-3-13(4-6-15)17(25)24-9-8-23-11-16(24)14-2-1-7-22-10-14/h1-7,10,16,23H,8-9,11-12H2. The van der Waals surface area contributed by atoms with Gasteiger partial charge in [0.25, 0.3) is 5.91 Å². The molecule has 5 nitrogen and oxygen atoms in total. The maximum absolute atomic E-state index is 12.9. The Morgan fingerprint density at radius 3 is 2.69 bits per heavy atom. The normalized spacial score (nSPS) is 17.8. The lowest BCUT2D eigenvalue weighted by Crippen LogP contribution is -2.48. The fourth-order valence-electron chi connectivity index (χ4n) is 2.84. The van der Waals surface area contributed by atoms with Gasteiger partial charge in [0.2, 0.25) is 0 Å². The number of nitrogens with zero attached hydrogens (tertiary/aromatic N) is 2. The van der Waals surface area contributed by atoms with Crippen LogP contribution < -0.4 is 10.1 Å². The van der Waals surface area contributed by atoms with E-state index in [0.717, 1.165) is 5.56 Å². The minimum absolute atomic E-state index is 0.0722. The molecule has 1 aliphatic rings. The molecule has 1 amide bonds. The lowest BCUT2D eigenvalue weighted by molar-refractivity contribution is -0.153. The molecule has 0 aliphatic carbocycles. The van der Waals surface area contributed by atoms with Crippen LogP contribution in [0.3, 0.4) is 0 Å². The summed E-state index contributed by atoms with van der Waals surface area (Å²) in [7, 11) is 0. The van der Waals surface area contributed by atoms with Crippen molar-refractivity contribution in [2.45, 2.75) is 12.2 Å². The molecule has 1 N–H and O–H groups in total. The molecule has 138 valence electrons. The minimum Gasteiger partial charge on any atom is -0.484 e. The third-order valence-corrected chi connectivity index (χ3v) is 4.08. The number of carbonyl (C=O) groups is 1. The third kappa shape index (κ3) is 4.51. The number of benzene rings is 1. The number of hydrogen-bond donors (Lipinski definition) is 1. The minimum atomic E-state index is -4.40. The van der Waals surface area contributed by atoms with Crippen LogP contribution in [-0.4, -0.2) is 48.2 Å². The molecule has 1 aromatic heterocycles. The fourth-order valence-corrected chi connectivity index (χ4v) is 2.84. The zero-order valence-electron chi connectivity index (χ0n) is 13.9. The number of hydrogen-bond acceptors (Lipinski definition) is 4. The molecule has 0 bridgehead atoms. The molecule has 1 aromatic carbocycles. The van der Waals surface area contributed by atoms with Gasteiger partial charge < -0.3 is 15.0 Å². The lowest BCUT2D eigenvalue weighted by atomic mass is 10.0. The van der Waals surface area contributed by atoms with E-state index in [-0.39, 0.29) is 17.7 Å². The predicted molar refractivity (Wildman–Crippen MR) is 88.9 cm³/mol. The number of nitrogens with one attached hydrogen (secondary N) is 1. The van der Waals surface area contributed by atoms with Gasteiger partial charge >= 0.3 is 6.18 Å². The highest BCUT2D eigenvalue weighted by molar-refractivity contribution is 5.94. The number of amides is 1. The van der Waals surface area contributed by atoms with Crippen LogP contribution in [0.1, 0.15) is 22.0 Å². The maximum atomic E-state index is 12.9. The molecular weight excluding hydrogens is 347 g/mol. The first-order valence-corrected chi connectivity index (χ1v) is 8.15. The van der Waals surface area contributed by atoms with Gasteiger partial charge in [-0.15, -0.1) is 0 Å². The highest BCUT2D eigenvalue weighted by atomic mass is 19.4. The summed E-state index contributed by atoms with van der Waals surface area (Å²) in [4.78, 5) is 18.7. The highest BCUT2D eigenvalue weighted by Crippen LogP contribution is 2.25. The fraction of sp³-hybridized carbons (Fsp3) is 0.333. The Balaban J connectivity index is 1.72. The van der Waals surface area contributed by atoms with Crippen LogP contribution in [0.5, 0.6) is 5.75 Å². The van der Waals surface area contributed by atoms with Crippen molar-refractivity contribution >= 4 is 5.91 Å². The largest absolute Gasteiger partial charge is 0.484 e. The summed E-state index contributed by atoms with van der Waals surface area (Å²) in [5, 5.41) is 3.26. The summed E-state index contributed by atoms with van der Waals surface area (Å²) in [6.45, 7) is 0.464. The first-order valence-electron chi connectivity index (χ1n) is 8.15. The van der Waals surface area contributed by atoms with Gasteiger partial charge in [-0.05, 0) is 35.9 Å². The summed E-state index contributed by atoms with van der Waals surface area (Å²) in [5.41, 5.74) is 1.33. The van der Waals surface area contributed by atoms with Crippen LogP contribution in [0, 0.1) is 0 Å². The van der Waals surface area contributed by atoms with Crippen molar-refractivity contribution in [3.8, 4) is 5.75 Å². The van der Waals surface area contributed by atoms with E-state index in [4.69, 9.17) is 0 Å². The number of alkyl halides is 3. The summed E-state index contributed by atoms with van der Waals surface area (Å²) in [6.07, 6.45) is -0.996. The Bertz CT molecular complexity index is 736. The zero-order valence-corrected chi connectivity index (χ0v) is 13.9. The van der Waals surface area contributed by atoms with Crippen LogP contribution in [0.4, 0.5) is 13.2 Å². The van der Waals surface area contributed by atoms with Crippen molar-refractivity contribution in [2.24, 2.45) is 0 Å². The van der Waals surface area contributed by atoms with Gasteiger partial charge in [-0.2, -0.15) is 13.2 Å². The van der Waals surface area contributed by atoms with Gasteiger partial charge in [0, 0.05) is 37.6 Å². The van der Waals surface area contributed by atoms with E-state index in [1.165, 1.54) is 24.3 Å². The topological polar surface area (TPSA) is 54.5 Å². The molecule has 1 saturated heterocycles. The van der Waals surface area contributed by atoms with E-state index < -0.39 is 12.8 Å². The van der Waals surface area contributed by atoms with E-state index in [0.29, 0.717) is 25.2 Å². The van der Waals surface area contributed by atoms with Crippen molar-refractivity contribution in [1.29, 1.82) is 0 Å². The second-order valence-electron chi connectivity index (χ2n) is 5.93. The van der Waals surface area contributed by atoms with E-state index in [2.05, 4.69) is 15.0 Å². The number of halogens is 3. The van der Waals surface area contributed by atoms with Crippen LogP contribution in [-0.2, 0) is 0 Å². The molecule has 2 heterocycles. The third-order valence-electron chi connectivity index (χ3n) is 4.08. The number of piperazine rings is 1. The van der Waals surface area contributed by atoms with E-state index in [9.17, 15) is 18.0 Å². The maximum Gasteiger partial charge on any atom is 0.422 e. The molecule has 0 radical (unpaired) electrons. The van der Waals surface area contributed by atoms with Gasteiger partial charge in [0.1, 0.15) is 5.75 Å². The number of pyridine rings is 1. The quantitative estimate of drug-likeness (QED) is 0.905. The summed E-state index contributed by atoms with van der Waals surface area (Å²) in [5.74, 6) is -0.106. The summed E-state index contributed by atoms with van der Waals surface area (Å²) in [6, 6.07) is 9.30.